The molecule has 2 amide bonds. The lowest BCUT2D eigenvalue weighted by atomic mass is 9.97. The van der Waals surface area contributed by atoms with Crippen LogP contribution in [-0.4, -0.2) is 41.4 Å². The summed E-state index contributed by atoms with van der Waals surface area (Å²) >= 11 is 0. The number of piperidine rings is 1. The Morgan fingerprint density at radius 1 is 1.07 bits per heavy atom. The van der Waals surface area contributed by atoms with Gasteiger partial charge in [0, 0.05) is 37.7 Å². The highest BCUT2D eigenvalue weighted by Gasteiger charge is 2.22. The van der Waals surface area contributed by atoms with Gasteiger partial charge < -0.3 is 15.5 Å². The third-order valence-corrected chi connectivity index (χ3v) is 4.97. The Morgan fingerprint density at radius 3 is 2.44 bits per heavy atom. The summed E-state index contributed by atoms with van der Waals surface area (Å²) in [5.41, 5.74) is 2.85. The molecular formula is C20H25N5O2. The number of amides is 2. The second-order valence-electron chi connectivity index (χ2n) is 6.94. The number of aryl methyl sites for hydroxylation is 2. The Morgan fingerprint density at radius 2 is 1.78 bits per heavy atom. The highest BCUT2D eigenvalue weighted by molar-refractivity contribution is 6.39. The highest BCUT2D eigenvalue weighted by Crippen LogP contribution is 2.19. The average molecular weight is 367 g/mol. The Hall–Kier alpha value is -2.96. The quantitative estimate of drug-likeness (QED) is 0.808. The van der Waals surface area contributed by atoms with Gasteiger partial charge in [0.05, 0.1) is 0 Å². The standard InChI is InChI=1S/C20H25N5O2/c1-14-4-5-17(12-15(14)2)24-19(27)18(26)23-13-16-6-10-25(11-7-16)20-21-8-3-9-22-20/h3-5,8-9,12,16H,6-7,10-11,13H2,1-2H3,(H,23,26)(H,24,27). The molecule has 1 aromatic heterocycles. The van der Waals surface area contributed by atoms with Crippen LogP contribution in [0, 0.1) is 19.8 Å². The molecule has 0 spiro atoms. The fraction of sp³-hybridized carbons (Fsp3) is 0.400. The van der Waals surface area contributed by atoms with Crippen molar-refractivity contribution in [3.63, 3.8) is 0 Å². The second-order valence-corrected chi connectivity index (χ2v) is 6.94. The minimum absolute atomic E-state index is 0.350. The van der Waals surface area contributed by atoms with Crippen LogP contribution in [0.2, 0.25) is 0 Å². The average Bonchev–Trinajstić information content (AvgIpc) is 2.70. The first-order valence-electron chi connectivity index (χ1n) is 9.21. The Labute approximate surface area is 159 Å². The van der Waals surface area contributed by atoms with Gasteiger partial charge in [-0.15, -0.1) is 0 Å². The molecule has 27 heavy (non-hydrogen) atoms. The van der Waals surface area contributed by atoms with E-state index in [1.807, 2.05) is 26.0 Å². The number of benzene rings is 1. The number of nitrogens with zero attached hydrogens (tertiary/aromatic N) is 3. The van der Waals surface area contributed by atoms with Gasteiger partial charge in [0.25, 0.3) is 0 Å². The summed E-state index contributed by atoms with van der Waals surface area (Å²) in [6.07, 6.45) is 5.33. The minimum atomic E-state index is -0.631. The van der Waals surface area contributed by atoms with Gasteiger partial charge in [0.2, 0.25) is 5.95 Å². The van der Waals surface area contributed by atoms with E-state index >= 15 is 0 Å². The van der Waals surface area contributed by atoms with E-state index in [1.54, 1.807) is 24.5 Å². The molecule has 1 saturated heterocycles. The fourth-order valence-corrected chi connectivity index (χ4v) is 3.12. The van der Waals surface area contributed by atoms with Gasteiger partial charge >= 0.3 is 11.8 Å². The van der Waals surface area contributed by atoms with Crippen LogP contribution in [0.4, 0.5) is 11.6 Å². The normalized spacial score (nSPS) is 14.7. The Kier molecular flexibility index (Phi) is 6.01. The number of hydrogen-bond donors (Lipinski definition) is 2. The van der Waals surface area contributed by atoms with Crippen LogP contribution < -0.4 is 15.5 Å². The Balaban J connectivity index is 1.42. The van der Waals surface area contributed by atoms with Crippen LogP contribution in [0.25, 0.3) is 0 Å². The fourth-order valence-electron chi connectivity index (χ4n) is 3.12. The van der Waals surface area contributed by atoms with Crippen LogP contribution in [0.1, 0.15) is 24.0 Å². The van der Waals surface area contributed by atoms with E-state index in [2.05, 4.69) is 25.5 Å². The minimum Gasteiger partial charge on any atom is -0.348 e. The van der Waals surface area contributed by atoms with E-state index in [1.165, 1.54) is 0 Å². The molecule has 2 N–H and O–H groups in total. The zero-order valence-corrected chi connectivity index (χ0v) is 15.7. The number of anilines is 2. The molecule has 2 heterocycles. The van der Waals surface area contributed by atoms with Gasteiger partial charge in [-0.25, -0.2) is 9.97 Å². The summed E-state index contributed by atoms with van der Waals surface area (Å²) in [6.45, 7) is 6.17. The molecule has 1 aliphatic heterocycles. The molecule has 0 aliphatic carbocycles. The zero-order chi connectivity index (χ0) is 19.2. The molecule has 0 saturated carbocycles. The maximum atomic E-state index is 12.1. The SMILES string of the molecule is Cc1ccc(NC(=O)C(=O)NCC2CCN(c3ncccn3)CC2)cc1C. The largest absolute Gasteiger partial charge is 0.348 e. The van der Waals surface area contributed by atoms with Gasteiger partial charge in [-0.1, -0.05) is 6.07 Å². The molecule has 1 aromatic carbocycles. The van der Waals surface area contributed by atoms with Crippen molar-refractivity contribution in [3.8, 4) is 0 Å². The van der Waals surface area contributed by atoms with Crippen molar-refractivity contribution in [2.75, 3.05) is 29.9 Å². The van der Waals surface area contributed by atoms with Crippen LogP contribution in [0.3, 0.4) is 0 Å². The maximum absolute atomic E-state index is 12.1. The first-order chi connectivity index (χ1) is 13.0. The number of nitrogens with one attached hydrogen (secondary N) is 2. The number of carbonyl (C=O) groups is 2. The molecular weight excluding hydrogens is 342 g/mol. The number of rotatable bonds is 4. The first-order valence-corrected chi connectivity index (χ1v) is 9.21. The van der Waals surface area contributed by atoms with E-state index in [0.29, 0.717) is 18.2 Å². The summed E-state index contributed by atoms with van der Waals surface area (Å²) in [5.74, 6) is -0.133. The van der Waals surface area contributed by atoms with Crippen molar-refractivity contribution in [1.29, 1.82) is 0 Å². The monoisotopic (exact) mass is 367 g/mol. The van der Waals surface area contributed by atoms with E-state index < -0.39 is 11.8 Å². The van der Waals surface area contributed by atoms with E-state index in [9.17, 15) is 9.59 Å². The smallest absolute Gasteiger partial charge is 0.313 e. The van der Waals surface area contributed by atoms with Crippen LogP contribution >= 0.6 is 0 Å². The molecule has 0 atom stereocenters. The van der Waals surface area contributed by atoms with Crippen LogP contribution in [-0.2, 0) is 9.59 Å². The van der Waals surface area contributed by atoms with E-state index in [-0.39, 0.29) is 0 Å². The topological polar surface area (TPSA) is 87.2 Å². The highest BCUT2D eigenvalue weighted by atomic mass is 16.2. The van der Waals surface area contributed by atoms with Crippen molar-refractivity contribution in [1.82, 2.24) is 15.3 Å². The molecule has 7 nitrogen and oxygen atoms in total. The van der Waals surface area contributed by atoms with Crippen LogP contribution in [0.15, 0.2) is 36.7 Å². The molecule has 3 rings (SSSR count). The molecule has 0 radical (unpaired) electrons. The molecule has 1 aliphatic rings. The molecule has 1 fully saturated rings. The van der Waals surface area contributed by atoms with Crippen molar-refractivity contribution in [2.45, 2.75) is 26.7 Å². The predicted octanol–water partition coefficient (Wildman–Crippen LogP) is 2.06. The van der Waals surface area contributed by atoms with Crippen molar-refractivity contribution in [2.24, 2.45) is 5.92 Å². The second kappa shape index (κ2) is 8.62. The van der Waals surface area contributed by atoms with E-state index in [0.717, 1.165) is 43.0 Å². The maximum Gasteiger partial charge on any atom is 0.313 e. The Bertz CT molecular complexity index is 801. The van der Waals surface area contributed by atoms with Crippen molar-refractivity contribution >= 4 is 23.5 Å². The summed E-state index contributed by atoms with van der Waals surface area (Å²) in [5, 5.41) is 5.40. The molecule has 0 unspecified atom stereocenters. The van der Waals surface area contributed by atoms with Gasteiger partial charge in [-0.2, -0.15) is 0 Å². The van der Waals surface area contributed by atoms with Gasteiger partial charge in [-0.05, 0) is 61.9 Å². The lowest BCUT2D eigenvalue weighted by Gasteiger charge is -2.31. The zero-order valence-electron chi connectivity index (χ0n) is 15.7. The van der Waals surface area contributed by atoms with Crippen molar-refractivity contribution in [3.05, 3.63) is 47.8 Å². The summed E-state index contributed by atoms with van der Waals surface area (Å²) in [6, 6.07) is 7.39. The number of hydrogen-bond acceptors (Lipinski definition) is 5. The van der Waals surface area contributed by atoms with Crippen molar-refractivity contribution < 1.29 is 9.59 Å². The lowest BCUT2D eigenvalue weighted by Crippen LogP contribution is -2.42. The predicted molar refractivity (Wildman–Crippen MR) is 105 cm³/mol. The molecule has 142 valence electrons. The van der Waals surface area contributed by atoms with Gasteiger partial charge in [0.15, 0.2) is 0 Å². The summed E-state index contributed by atoms with van der Waals surface area (Å²) < 4.78 is 0. The third-order valence-electron chi connectivity index (χ3n) is 4.97. The van der Waals surface area contributed by atoms with Crippen LogP contribution in [0.5, 0.6) is 0 Å². The first kappa shape index (κ1) is 18.8. The third kappa shape index (κ3) is 5.03. The molecule has 7 heteroatoms. The van der Waals surface area contributed by atoms with Gasteiger partial charge in [-0.3, -0.25) is 9.59 Å². The molecule has 0 bridgehead atoms. The lowest BCUT2D eigenvalue weighted by molar-refractivity contribution is -0.136. The molecule has 2 aromatic rings. The summed E-state index contributed by atoms with van der Waals surface area (Å²) in [7, 11) is 0. The number of aromatic nitrogens is 2. The van der Waals surface area contributed by atoms with Gasteiger partial charge in [0.1, 0.15) is 0 Å². The number of carbonyl (C=O) groups excluding carboxylic acids is 2. The van der Waals surface area contributed by atoms with E-state index in [4.69, 9.17) is 0 Å². The summed E-state index contributed by atoms with van der Waals surface area (Å²) in [4.78, 5) is 34.8.